The summed E-state index contributed by atoms with van der Waals surface area (Å²) in [7, 11) is 0. The number of aryl methyl sites for hydroxylation is 1. The minimum absolute atomic E-state index is 0.0442. The van der Waals surface area contributed by atoms with Gasteiger partial charge in [0.25, 0.3) is 5.91 Å². The van der Waals surface area contributed by atoms with Crippen LogP contribution in [-0.2, 0) is 4.79 Å². The Hall–Kier alpha value is -2.65. The zero-order valence-electron chi connectivity index (χ0n) is 13.7. The fraction of sp³-hybridized carbons (Fsp3) is 0.176. The molecule has 0 radical (unpaired) electrons. The maximum Gasteiger partial charge on any atom is 0.262 e. The van der Waals surface area contributed by atoms with Crippen LogP contribution in [0.5, 0.6) is 5.75 Å². The molecule has 5 rings (SSSR count). The number of thioether (sulfide) groups is 1. The molecule has 1 aromatic carbocycles. The van der Waals surface area contributed by atoms with Crippen LogP contribution in [0.1, 0.15) is 21.5 Å². The topological polar surface area (TPSA) is 81.4 Å². The number of carbonyl (C=O) groups is 1. The number of hydrogen-bond acceptors (Lipinski definition) is 7. The average Bonchev–Trinajstić information content (AvgIpc) is 3.28. The molecule has 2 aromatic heterocycles. The highest BCUT2D eigenvalue weighted by Crippen LogP contribution is 2.42. The molecule has 2 aliphatic heterocycles. The molecule has 0 spiro atoms. The molecule has 0 saturated heterocycles. The third-order valence-corrected chi connectivity index (χ3v) is 6.21. The van der Waals surface area contributed by atoms with Crippen LogP contribution in [0.25, 0.3) is 0 Å². The molecule has 0 aliphatic carbocycles. The predicted molar refractivity (Wildman–Crippen MR) is 100 cm³/mol. The van der Waals surface area contributed by atoms with Gasteiger partial charge >= 0.3 is 0 Å². The molecular formula is C17H13N5O2S2. The zero-order chi connectivity index (χ0) is 17.7. The van der Waals surface area contributed by atoms with Crippen molar-refractivity contribution >= 4 is 40.4 Å². The first kappa shape index (κ1) is 15.6. The summed E-state index contributed by atoms with van der Waals surface area (Å²) in [5.74, 6) is 0.515. The van der Waals surface area contributed by atoms with E-state index in [9.17, 15) is 4.79 Å². The molecule has 4 heterocycles. The van der Waals surface area contributed by atoms with Crippen molar-refractivity contribution in [2.75, 3.05) is 11.9 Å². The number of fused-ring (bicyclic) bond motifs is 2. The van der Waals surface area contributed by atoms with Gasteiger partial charge in [0.2, 0.25) is 0 Å². The molecule has 1 atom stereocenters. The highest BCUT2D eigenvalue weighted by molar-refractivity contribution is 8.00. The summed E-state index contributed by atoms with van der Waals surface area (Å²) < 4.78 is 7.25. The molecular weight excluding hydrogens is 370 g/mol. The fourth-order valence-electron chi connectivity index (χ4n) is 2.93. The minimum Gasteiger partial charge on any atom is -0.482 e. The number of amides is 1. The van der Waals surface area contributed by atoms with Gasteiger partial charge in [0, 0.05) is 17.1 Å². The van der Waals surface area contributed by atoms with Crippen molar-refractivity contribution in [2.45, 2.75) is 17.3 Å². The van der Waals surface area contributed by atoms with Crippen molar-refractivity contribution in [2.24, 2.45) is 5.10 Å². The van der Waals surface area contributed by atoms with Crippen LogP contribution >= 0.6 is 23.1 Å². The van der Waals surface area contributed by atoms with E-state index in [1.165, 1.54) is 0 Å². The Morgan fingerprint density at radius 3 is 3.15 bits per heavy atom. The molecule has 0 saturated carbocycles. The number of carbonyl (C=O) groups excluding carboxylic acids is 1. The normalized spacial score (nSPS) is 18.4. The summed E-state index contributed by atoms with van der Waals surface area (Å²) in [6, 6.07) is 5.73. The standard InChI is InChI=1S/C17H13N5O2S2/c1-9-7-22-17(19-9)26-15(16-18-4-5-25-16)14(21-22)10-2-3-12-11(6-10)20-13(23)8-24-12/h2-7,15H,8H2,1H3,(H,20,23). The lowest BCUT2D eigenvalue weighted by Gasteiger charge is -2.23. The van der Waals surface area contributed by atoms with E-state index in [1.54, 1.807) is 34.0 Å². The smallest absolute Gasteiger partial charge is 0.262 e. The van der Waals surface area contributed by atoms with E-state index in [2.05, 4.69) is 15.3 Å². The number of nitrogens with one attached hydrogen (secondary N) is 1. The second-order valence-electron chi connectivity index (χ2n) is 5.91. The first-order valence-corrected chi connectivity index (χ1v) is 9.71. The summed E-state index contributed by atoms with van der Waals surface area (Å²) in [6.07, 6.45) is 3.70. The van der Waals surface area contributed by atoms with Crippen LogP contribution < -0.4 is 10.1 Å². The molecule has 130 valence electrons. The van der Waals surface area contributed by atoms with Crippen LogP contribution in [-0.4, -0.2) is 32.9 Å². The molecule has 1 amide bonds. The summed E-state index contributed by atoms with van der Waals surface area (Å²) in [6.45, 7) is 1.99. The fourth-order valence-corrected chi connectivity index (χ4v) is 4.92. The number of nitrogens with zero attached hydrogens (tertiary/aromatic N) is 4. The summed E-state index contributed by atoms with van der Waals surface area (Å²) in [5, 5.41) is 11.4. The Morgan fingerprint density at radius 2 is 2.31 bits per heavy atom. The Morgan fingerprint density at radius 1 is 1.38 bits per heavy atom. The molecule has 26 heavy (non-hydrogen) atoms. The Bertz CT molecular complexity index is 1040. The lowest BCUT2D eigenvalue weighted by Crippen LogP contribution is -2.26. The van der Waals surface area contributed by atoms with E-state index in [-0.39, 0.29) is 17.8 Å². The van der Waals surface area contributed by atoms with E-state index in [4.69, 9.17) is 9.84 Å². The van der Waals surface area contributed by atoms with E-state index in [0.29, 0.717) is 11.4 Å². The van der Waals surface area contributed by atoms with Gasteiger partial charge in [0.1, 0.15) is 16.0 Å². The van der Waals surface area contributed by atoms with Gasteiger partial charge in [-0.3, -0.25) is 4.79 Å². The van der Waals surface area contributed by atoms with Gasteiger partial charge < -0.3 is 10.1 Å². The van der Waals surface area contributed by atoms with Crippen molar-refractivity contribution in [3.05, 3.63) is 52.2 Å². The summed E-state index contributed by atoms with van der Waals surface area (Å²) >= 11 is 3.22. The summed E-state index contributed by atoms with van der Waals surface area (Å²) in [5.41, 5.74) is 3.37. The third-order valence-electron chi connectivity index (χ3n) is 4.05. The van der Waals surface area contributed by atoms with Crippen molar-refractivity contribution in [3.8, 4) is 5.75 Å². The maximum absolute atomic E-state index is 11.6. The predicted octanol–water partition coefficient (Wildman–Crippen LogP) is 3.08. The van der Waals surface area contributed by atoms with Crippen molar-refractivity contribution in [1.29, 1.82) is 0 Å². The van der Waals surface area contributed by atoms with Crippen molar-refractivity contribution < 1.29 is 9.53 Å². The first-order valence-electron chi connectivity index (χ1n) is 7.95. The number of rotatable bonds is 2. The molecule has 2 aliphatic rings. The molecule has 0 bridgehead atoms. The molecule has 9 heteroatoms. The lowest BCUT2D eigenvalue weighted by atomic mass is 10.1. The Labute approximate surface area is 157 Å². The SMILES string of the molecule is Cc1cn2c(n1)SC(c1nccs1)C(c1ccc3c(c1)NC(=O)CO3)=N2. The lowest BCUT2D eigenvalue weighted by molar-refractivity contribution is -0.118. The van der Waals surface area contributed by atoms with Crippen LogP contribution in [0.15, 0.2) is 46.2 Å². The van der Waals surface area contributed by atoms with Gasteiger partial charge in [-0.05, 0) is 25.1 Å². The van der Waals surface area contributed by atoms with Crippen molar-refractivity contribution in [3.63, 3.8) is 0 Å². The number of hydrogen-bond donors (Lipinski definition) is 1. The second-order valence-corrected chi connectivity index (χ2v) is 7.91. The molecule has 0 fully saturated rings. The van der Waals surface area contributed by atoms with Crippen LogP contribution in [0, 0.1) is 6.92 Å². The van der Waals surface area contributed by atoms with E-state index in [0.717, 1.165) is 27.1 Å². The van der Waals surface area contributed by atoms with Gasteiger partial charge in [-0.2, -0.15) is 5.10 Å². The number of aromatic nitrogens is 3. The average molecular weight is 383 g/mol. The molecule has 1 N–H and O–H groups in total. The number of ether oxygens (including phenoxy) is 1. The van der Waals surface area contributed by atoms with Crippen molar-refractivity contribution in [1.82, 2.24) is 14.6 Å². The highest BCUT2D eigenvalue weighted by Gasteiger charge is 2.31. The second kappa shape index (κ2) is 5.96. The van der Waals surface area contributed by atoms with Gasteiger partial charge in [0.15, 0.2) is 11.8 Å². The van der Waals surface area contributed by atoms with E-state index < -0.39 is 0 Å². The highest BCUT2D eigenvalue weighted by atomic mass is 32.2. The van der Waals surface area contributed by atoms with Gasteiger partial charge in [-0.25, -0.2) is 14.6 Å². The zero-order valence-corrected chi connectivity index (χ0v) is 15.3. The molecule has 3 aromatic rings. The monoisotopic (exact) mass is 383 g/mol. The van der Waals surface area contributed by atoms with Gasteiger partial charge in [0.05, 0.1) is 23.3 Å². The number of benzene rings is 1. The number of imidazole rings is 1. The summed E-state index contributed by atoms with van der Waals surface area (Å²) in [4.78, 5) is 20.7. The van der Waals surface area contributed by atoms with Crippen LogP contribution in [0.4, 0.5) is 5.69 Å². The van der Waals surface area contributed by atoms with Crippen LogP contribution in [0.2, 0.25) is 0 Å². The minimum atomic E-state index is -0.154. The first-order chi connectivity index (χ1) is 12.7. The third kappa shape index (κ3) is 2.60. The Kier molecular flexibility index (Phi) is 3.57. The maximum atomic E-state index is 11.6. The van der Waals surface area contributed by atoms with Gasteiger partial charge in [-0.15, -0.1) is 11.3 Å². The molecule has 7 nitrogen and oxygen atoms in total. The largest absolute Gasteiger partial charge is 0.482 e. The molecule has 1 unspecified atom stereocenters. The van der Waals surface area contributed by atoms with Gasteiger partial charge in [-0.1, -0.05) is 11.8 Å². The Balaban J connectivity index is 1.63. The number of thiazole rings is 1. The van der Waals surface area contributed by atoms with E-state index in [1.807, 2.05) is 36.7 Å². The number of anilines is 1. The quantitative estimate of drug-likeness (QED) is 0.735. The van der Waals surface area contributed by atoms with Crippen LogP contribution in [0.3, 0.4) is 0 Å². The van der Waals surface area contributed by atoms with E-state index >= 15 is 0 Å².